The van der Waals surface area contributed by atoms with Gasteiger partial charge in [0, 0.05) is 13.1 Å². The SMILES string of the molecule is CCc1nnc(NC(=O)C2CCCN(C(=O)OC(C)(C)C)C2)s1. The van der Waals surface area contributed by atoms with E-state index in [1.54, 1.807) is 4.90 Å². The largest absolute Gasteiger partial charge is 0.444 e. The number of ether oxygens (including phenoxy) is 1. The van der Waals surface area contributed by atoms with Gasteiger partial charge in [-0.15, -0.1) is 10.2 Å². The summed E-state index contributed by atoms with van der Waals surface area (Å²) >= 11 is 1.38. The topological polar surface area (TPSA) is 84.4 Å². The number of piperidine rings is 1. The molecule has 1 N–H and O–H groups in total. The van der Waals surface area contributed by atoms with Crippen molar-refractivity contribution in [3.05, 3.63) is 5.01 Å². The molecule has 128 valence electrons. The molecule has 2 rings (SSSR count). The van der Waals surface area contributed by atoms with E-state index in [4.69, 9.17) is 4.74 Å². The molecule has 8 heteroatoms. The summed E-state index contributed by atoms with van der Waals surface area (Å²) in [6, 6.07) is 0. The third kappa shape index (κ3) is 5.16. The summed E-state index contributed by atoms with van der Waals surface area (Å²) in [5.74, 6) is -0.359. The number of anilines is 1. The number of hydrogen-bond donors (Lipinski definition) is 1. The zero-order chi connectivity index (χ0) is 17.0. The van der Waals surface area contributed by atoms with E-state index in [1.165, 1.54) is 11.3 Å². The highest BCUT2D eigenvalue weighted by molar-refractivity contribution is 7.15. The van der Waals surface area contributed by atoms with Crippen LogP contribution < -0.4 is 5.32 Å². The molecule has 2 amide bonds. The molecule has 0 spiro atoms. The minimum absolute atomic E-state index is 0.114. The molecule has 0 aromatic carbocycles. The lowest BCUT2D eigenvalue weighted by Gasteiger charge is -2.33. The van der Waals surface area contributed by atoms with Gasteiger partial charge >= 0.3 is 6.09 Å². The van der Waals surface area contributed by atoms with Crippen LogP contribution in [-0.4, -0.2) is 45.8 Å². The second-order valence-corrected chi connectivity index (χ2v) is 7.67. The van der Waals surface area contributed by atoms with Crippen molar-refractivity contribution in [1.29, 1.82) is 0 Å². The van der Waals surface area contributed by atoms with Gasteiger partial charge in [0.05, 0.1) is 5.92 Å². The number of hydrogen-bond acceptors (Lipinski definition) is 6. The van der Waals surface area contributed by atoms with Crippen LogP contribution in [0, 0.1) is 5.92 Å². The van der Waals surface area contributed by atoms with E-state index in [9.17, 15) is 9.59 Å². The molecule has 0 radical (unpaired) electrons. The Morgan fingerprint density at radius 1 is 1.39 bits per heavy atom. The van der Waals surface area contributed by atoms with E-state index in [2.05, 4.69) is 15.5 Å². The number of nitrogens with zero attached hydrogens (tertiary/aromatic N) is 3. The van der Waals surface area contributed by atoms with E-state index >= 15 is 0 Å². The number of carbonyl (C=O) groups excluding carboxylic acids is 2. The van der Waals surface area contributed by atoms with Crippen molar-refractivity contribution in [2.75, 3.05) is 18.4 Å². The smallest absolute Gasteiger partial charge is 0.410 e. The van der Waals surface area contributed by atoms with E-state index in [0.29, 0.717) is 18.2 Å². The number of amides is 2. The van der Waals surface area contributed by atoms with E-state index in [1.807, 2.05) is 27.7 Å². The maximum Gasteiger partial charge on any atom is 0.410 e. The van der Waals surface area contributed by atoms with Gasteiger partial charge in [0.2, 0.25) is 11.0 Å². The molecular formula is C15H24N4O3S. The molecule has 2 heterocycles. The normalized spacial score (nSPS) is 18.6. The van der Waals surface area contributed by atoms with Crippen LogP contribution in [0.25, 0.3) is 0 Å². The third-order valence-corrected chi connectivity index (χ3v) is 4.43. The Morgan fingerprint density at radius 3 is 2.74 bits per heavy atom. The third-order valence-electron chi connectivity index (χ3n) is 3.44. The van der Waals surface area contributed by atoms with Gasteiger partial charge in [-0.1, -0.05) is 18.3 Å². The molecule has 1 aliphatic heterocycles. The predicted molar refractivity (Wildman–Crippen MR) is 88.4 cm³/mol. The van der Waals surface area contributed by atoms with Crippen LogP contribution in [0.15, 0.2) is 0 Å². The highest BCUT2D eigenvalue weighted by Crippen LogP contribution is 2.22. The molecule has 1 aromatic heterocycles. The predicted octanol–water partition coefficient (Wildman–Crippen LogP) is 2.69. The van der Waals surface area contributed by atoms with Gasteiger partial charge < -0.3 is 15.0 Å². The Labute approximate surface area is 140 Å². The first-order valence-corrected chi connectivity index (χ1v) is 8.71. The van der Waals surface area contributed by atoms with Crippen molar-refractivity contribution in [3.63, 3.8) is 0 Å². The van der Waals surface area contributed by atoms with Crippen LogP contribution in [0.1, 0.15) is 45.5 Å². The Balaban J connectivity index is 1.92. The Hall–Kier alpha value is -1.70. The van der Waals surface area contributed by atoms with Crippen molar-refractivity contribution < 1.29 is 14.3 Å². The maximum atomic E-state index is 12.4. The van der Waals surface area contributed by atoms with Crippen LogP contribution in [-0.2, 0) is 16.0 Å². The highest BCUT2D eigenvalue weighted by Gasteiger charge is 2.31. The minimum Gasteiger partial charge on any atom is -0.444 e. The summed E-state index contributed by atoms with van der Waals surface area (Å²) < 4.78 is 5.38. The first-order valence-electron chi connectivity index (χ1n) is 7.89. The zero-order valence-corrected chi connectivity index (χ0v) is 14.9. The molecule has 7 nitrogen and oxygen atoms in total. The Morgan fingerprint density at radius 2 is 2.13 bits per heavy atom. The lowest BCUT2D eigenvalue weighted by atomic mass is 9.97. The fourth-order valence-corrected chi connectivity index (χ4v) is 3.02. The summed E-state index contributed by atoms with van der Waals surface area (Å²) in [6.07, 6.45) is 1.97. The van der Waals surface area contributed by atoms with Crippen LogP contribution >= 0.6 is 11.3 Å². The zero-order valence-electron chi connectivity index (χ0n) is 14.1. The van der Waals surface area contributed by atoms with Gasteiger partial charge in [-0.2, -0.15) is 0 Å². The first-order chi connectivity index (χ1) is 10.8. The summed E-state index contributed by atoms with van der Waals surface area (Å²) in [7, 11) is 0. The van der Waals surface area contributed by atoms with Crippen LogP contribution in [0.3, 0.4) is 0 Å². The lowest BCUT2D eigenvalue weighted by Crippen LogP contribution is -2.45. The molecule has 1 aromatic rings. The Kier molecular flexibility index (Phi) is 5.56. The van der Waals surface area contributed by atoms with Gasteiger partial charge in [-0.05, 0) is 40.0 Å². The number of aromatic nitrogens is 2. The van der Waals surface area contributed by atoms with Crippen molar-refractivity contribution in [2.45, 2.75) is 52.6 Å². The quantitative estimate of drug-likeness (QED) is 0.914. The molecular weight excluding hydrogens is 316 g/mol. The van der Waals surface area contributed by atoms with Gasteiger partial charge in [0.25, 0.3) is 0 Å². The number of aryl methyl sites for hydroxylation is 1. The standard InChI is InChI=1S/C15H24N4O3S/c1-5-11-17-18-13(23-11)16-12(20)10-7-6-8-19(9-10)14(21)22-15(2,3)4/h10H,5-9H2,1-4H3,(H,16,18,20). The molecule has 1 atom stereocenters. The molecule has 1 unspecified atom stereocenters. The van der Waals surface area contributed by atoms with Crippen LogP contribution in [0.2, 0.25) is 0 Å². The number of likely N-dealkylation sites (tertiary alicyclic amines) is 1. The maximum absolute atomic E-state index is 12.4. The van der Waals surface area contributed by atoms with E-state index in [-0.39, 0.29) is 17.9 Å². The lowest BCUT2D eigenvalue weighted by molar-refractivity contribution is -0.121. The van der Waals surface area contributed by atoms with Crippen molar-refractivity contribution in [2.24, 2.45) is 5.92 Å². The molecule has 1 aliphatic rings. The van der Waals surface area contributed by atoms with Crippen molar-refractivity contribution in [3.8, 4) is 0 Å². The van der Waals surface area contributed by atoms with Crippen LogP contribution in [0.4, 0.5) is 9.93 Å². The first kappa shape index (κ1) is 17.7. The monoisotopic (exact) mass is 340 g/mol. The average molecular weight is 340 g/mol. The Bertz CT molecular complexity index is 567. The average Bonchev–Trinajstić information content (AvgIpc) is 2.93. The minimum atomic E-state index is -0.532. The second kappa shape index (κ2) is 7.25. The van der Waals surface area contributed by atoms with Gasteiger partial charge in [-0.3, -0.25) is 4.79 Å². The summed E-state index contributed by atoms with van der Waals surface area (Å²) in [5, 5.41) is 12.1. The van der Waals surface area contributed by atoms with Gasteiger partial charge in [0.15, 0.2) is 0 Å². The van der Waals surface area contributed by atoms with Crippen molar-refractivity contribution in [1.82, 2.24) is 15.1 Å². The second-order valence-electron chi connectivity index (χ2n) is 6.61. The molecule has 0 bridgehead atoms. The summed E-state index contributed by atoms with van der Waals surface area (Å²) in [5.41, 5.74) is -0.532. The molecule has 23 heavy (non-hydrogen) atoms. The summed E-state index contributed by atoms with van der Waals surface area (Å²) in [4.78, 5) is 26.1. The molecule has 0 aliphatic carbocycles. The van der Waals surface area contributed by atoms with E-state index in [0.717, 1.165) is 24.3 Å². The number of rotatable bonds is 3. The highest BCUT2D eigenvalue weighted by atomic mass is 32.1. The van der Waals surface area contributed by atoms with E-state index < -0.39 is 5.60 Å². The van der Waals surface area contributed by atoms with Gasteiger partial charge in [0.1, 0.15) is 10.6 Å². The fraction of sp³-hybridized carbons (Fsp3) is 0.733. The molecule has 1 saturated heterocycles. The number of nitrogens with one attached hydrogen (secondary N) is 1. The number of carbonyl (C=O) groups is 2. The summed E-state index contributed by atoms with van der Waals surface area (Å²) in [6.45, 7) is 8.49. The fourth-order valence-electron chi connectivity index (χ4n) is 2.34. The van der Waals surface area contributed by atoms with Crippen molar-refractivity contribution >= 4 is 28.5 Å². The van der Waals surface area contributed by atoms with Gasteiger partial charge in [-0.25, -0.2) is 4.79 Å². The molecule has 1 fully saturated rings. The molecule has 0 saturated carbocycles. The van der Waals surface area contributed by atoms with Crippen LogP contribution in [0.5, 0.6) is 0 Å².